The summed E-state index contributed by atoms with van der Waals surface area (Å²) in [5, 5.41) is 9.64. The largest absolute Gasteiger partial charge is 0.484 e. The monoisotopic (exact) mass is 263 g/mol. The Morgan fingerprint density at radius 3 is 2.74 bits per heavy atom. The summed E-state index contributed by atoms with van der Waals surface area (Å²) in [5.41, 5.74) is 1.16. The fourth-order valence-electron chi connectivity index (χ4n) is 2.23. The Morgan fingerprint density at radius 1 is 1.42 bits per heavy atom. The molecule has 4 nitrogen and oxygen atoms in total. The van der Waals surface area contributed by atoms with E-state index in [1.54, 1.807) is 4.90 Å². The van der Waals surface area contributed by atoms with Crippen LogP contribution in [0.25, 0.3) is 0 Å². The van der Waals surface area contributed by atoms with Crippen LogP contribution in [0.3, 0.4) is 0 Å². The van der Waals surface area contributed by atoms with Crippen molar-refractivity contribution < 1.29 is 14.6 Å². The average Bonchev–Trinajstić information content (AvgIpc) is 2.41. The van der Waals surface area contributed by atoms with Crippen molar-refractivity contribution in [2.75, 3.05) is 19.7 Å². The smallest absolute Gasteiger partial charge is 0.260 e. The van der Waals surface area contributed by atoms with E-state index in [2.05, 4.69) is 0 Å². The van der Waals surface area contributed by atoms with Crippen molar-refractivity contribution in [3.63, 3.8) is 0 Å². The van der Waals surface area contributed by atoms with Gasteiger partial charge in [-0.15, -0.1) is 0 Å². The molecular weight excluding hydrogens is 242 g/mol. The van der Waals surface area contributed by atoms with E-state index in [0.29, 0.717) is 25.3 Å². The van der Waals surface area contributed by atoms with Gasteiger partial charge in [0, 0.05) is 13.1 Å². The van der Waals surface area contributed by atoms with E-state index in [1.807, 2.05) is 38.1 Å². The van der Waals surface area contributed by atoms with E-state index in [4.69, 9.17) is 4.74 Å². The minimum atomic E-state index is -0.290. The number of rotatable bonds is 3. The summed E-state index contributed by atoms with van der Waals surface area (Å²) in [4.78, 5) is 13.8. The van der Waals surface area contributed by atoms with Gasteiger partial charge in [-0.05, 0) is 31.4 Å². The number of piperidine rings is 1. The fourth-order valence-corrected chi connectivity index (χ4v) is 2.23. The van der Waals surface area contributed by atoms with Crippen molar-refractivity contribution in [1.29, 1.82) is 0 Å². The number of aryl methyl sites for hydroxylation is 1. The highest BCUT2D eigenvalue weighted by molar-refractivity contribution is 5.77. The number of carbonyl (C=O) groups excluding carboxylic acids is 1. The molecular formula is C15H21NO3. The zero-order valence-corrected chi connectivity index (χ0v) is 11.5. The molecule has 1 aromatic carbocycles. The lowest BCUT2D eigenvalue weighted by molar-refractivity contribution is -0.136. The normalized spacial score (nSPS) is 23.2. The van der Waals surface area contributed by atoms with Gasteiger partial charge < -0.3 is 14.7 Å². The second kappa shape index (κ2) is 6.06. The van der Waals surface area contributed by atoms with Crippen LogP contribution in [0.2, 0.25) is 0 Å². The molecule has 0 spiro atoms. The molecule has 2 unspecified atom stereocenters. The maximum absolute atomic E-state index is 12.0. The van der Waals surface area contributed by atoms with Gasteiger partial charge in [-0.1, -0.05) is 24.6 Å². The average molecular weight is 263 g/mol. The van der Waals surface area contributed by atoms with Gasteiger partial charge in [-0.2, -0.15) is 0 Å². The van der Waals surface area contributed by atoms with Gasteiger partial charge in [0.25, 0.3) is 5.91 Å². The quantitative estimate of drug-likeness (QED) is 0.901. The third-order valence-corrected chi connectivity index (χ3v) is 3.60. The third-order valence-electron chi connectivity index (χ3n) is 3.60. The SMILES string of the molecule is Cc1ccc(OCC(=O)N2CCC(O)C(C)C2)cc1. The first-order valence-corrected chi connectivity index (χ1v) is 6.71. The number of hydrogen-bond acceptors (Lipinski definition) is 3. The molecule has 0 saturated carbocycles. The molecule has 1 saturated heterocycles. The highest BCUT2D eigenvalue weighted by Gasteiger charge is 2.27. The van der Waals surface area contributed by atoms with E-state index < -0.39 is 0 Å². The molecule has 1 aliphatic rings. The Labute approximate surface area is 114 Å². The van der Waals surface area contributed by atoms with Crippen LogP contribution in [0.5, 0.6) is 5.75 Å². The second-order valence-electron chi connectivity index (χ2n) is 5.27. The molecule has 1 heterocycles. The van der Waals surface area contributed by atoms with Crippen molar-refractivity contribution in [2.24, 2.45) is 5.92 Å². The van der Waals surface area contributed by atoms with Gasteiger partial charge in [0.2, 0.25) is 0 Å². The number of nitrogens with zero attached hydrogens (tertiary/aromatic N) is 1. The van der Waals surface area contributed by atoms with Crippen molar-refractivity contribution in [2.45, 2.75) is 26.4 Å². The lowest BCUT2D eigenvalue weighted by Gasteiger charge is -2.34. The minimum Gasteiger partial charge on any atom is -0.484 e. The Kier molecular flexibility index (Phi) is 4.43. The molecule has 104 valence electrons. The molecule has 0 aliphatic carbocycles. The Hall–Kier alpha value is -1.55. The molecule has 1 N–H and O–H groups in total. The number of aliphatic hydroxyl groups is 1. The number of amides is 1. The topological polar surface area (TPSA) is 49.8 Å². The van der Waals surface area contributed by atoms with E-state index in [9.17, 15) is 9.90 Å². The van der Waals surface area contributed by atoms with Gasteiger partial charge >= 0.3 is 0 Å². The van der Waals surface area contributed by atoms with Crippen LogP contribution in [-0.4, -0.2) is 41.7 Å². The number of hydrogen-bond donors (Lipinski definition) is 1. The number of carbonyl (C=O) groups is 1. The first-order valence-electron chi connectivity index (χ1n) is 6.71. The molecule has 2 atom stereocenters. The number of ether oxygens (including phenoxy) is 1. The van der Waals surface area contributed by atoms with Crippen molar-refractivity contribution >= 4 is 5.91 Å². The van der Waals surface area contributed by atoms with Gasteiger partial charge in [-0.3, -0.25) is 4.79 Å². The van der Waals surface area contributed by atoms with Gasteiger partial charge in [-0.25, -0.2) is 0 Å². The van der Waals surface area contributed by atoms with E-state index >= 15 is 0 Å². The number of aliphatic hydroxyl groups excluding tert-OH is 1. The molecule has 0 radical (unpaired) electrons. The number of benzene rings is 1. The molecule has 4 heteroatoms. The van der Waals surface area contributed by atoms with Crippen molar-refractivity contribution in [3.05, 3.63) is 29.8 Å². The molecule has 0 aromatic heterocycles. The number of likely N-dealkylation sites (tertiary alicyclic amines) is 1. The van der Waals surface area contributed by atoms with Crippen LogP contribution in [0.15, 0.2) is 24.3 Å². The van der Waals surface area contributed by atoms with E-state index in [1.165, 1.54) is 0 Å². The van der Waals surface area contributed by atoms with Crippen LogP contribution in [0.1, 0.15) is 18.9 Å². The van der Waals surface area contributed by atoms with Crippen LogP contribution < -0.4 is 4.74 Å². The summed E-state index contributed by atoms with van der Waals surface area (Å²) in [6.45, 7) is 5.25. The zero-order valence-electron chi connectivity index (χ0n) is 11.5. The molecule has 1 aliphatic heterocycles. The summed E-state index contributed by atoms with van der Waals surface area (Å²) < 4.78 is 5.48. The van der Waals surface area contributed by atoms with Crippen molar-refractivity contribution in [1.82, 2.24) is 4.90 Å². The zero-order chi connectivity index (χ0) is 13.8. The van der Waals surface area contributed by atoms with Crippen LogP contribution in [-0.2, 0) is 4.79 Å². The summed E-state index contributed by atoms with van der Waals surface area (Å²) >= 11 is 0. The molecule has 1 fully saturated rings. The summed E-state index contributed by atoms with van der Waals surface area (Å²) in [6.07, 6.45) is 0.360. The Bertz CT molecular complexity index is 430. The van der Waals surface area contributed by atoms with E-state index in [0.717, 1.165) is 5.56 Å². The minimum absolute atomic E-state index is 0.0145. The summed E-state index contributed by atoms with van der Waals surface area (Å²) in [7, 11) is 0. The molecule has 1 amide bonds. The second-order valence-corrected chi connectivity index (χ2v) is 5.27. The van der Waals surface area contributed by atoms with Gasteiger partial charge in [0.15, 0.2) is 6.61 Å². The predicted octanol–water partition coefficient (Wildman–Crippen LogP) is 1.60. The highest BCUT2D eigenvalue weighted by Crippen LogP contribution is 2.17. The molecule has 2 rings (SSSR count). The Morgan fingerprint density at radius 2 is 2.11 bits per heavy atom. The lowest BCUT2D eigenvalue weighted by Crippen LogP contribution is -2.46. The summed E-state index contributed by atoms with van der Waals surface area (Å²) in [6, 6.07) is 7.65. The molecule has 0 bridgehead atoms. The van der Waals surface area contributed by atoms with Crippen LogP contribution in [0, 0.1) is 12.8 Å². The van der Waals surface area contributed by atoms with Crippen LogP contribution in [0.4, 0.5) is 0 Å². The first kappa shape index (κ1) is 13.9. The molecule has 1 aromatic rings. The maximum Gasteiger partial charge on any atom is 0.260 e. The summed E-state index contributed by atoms with van der Waals surface area (Å²) in [5.74, 6) is 0.834. The Balaban J connectivity index is 1.83. The lowest BCUT2D eigenvalue weighted by atomic mass is 9.97. The van der Waals surface area contributed by atoms with Crippen molar-refractivity contribution in [3.8, 4) is 5.75 Å². The first-order chi connectivity index (χ1) is 9.06. The van der Waals surface area contributed by atoms with Gasteiger partial charge in [0.1, 0.15) is 5.75 Å². The van der Waals surface area contributed by atoms with Gasteiger partial charge in [0.05, 0.1) is 6.10 Å². The van der Waals surface area contributed by atoms with Crippen LogP contribution >= 0.6 is 0 Å². The third kappa shape index (κ3) is 3.70. The fraction of sp³-hybridized carbons (Fsp3) is 0.533. The highest BCUT2D eigenvalue weighted by atomic mass is 16.5. The maximum atomic E-state index is 12.0. The van der Waals surface area contributed by atoms with E-state index in [-0.39, 0.29) is 24.5 Å². The molecule has 19 heavy (non-hydrogen) atoms. The predicted molar refractivity (Wildman–Crippen MR) is 73.0 cm³/mol. The standard InChI is InChI=1S/C15H21NO3/c1-11-3-5-13(6-4-11)19-10-15(18)16-8-7-14(17)12(2)9-16/h3-6,12,14,17H,7-10H2,1-2H3.